The smallest absolute Gasteiger partial charge is 0.237 e. The summed E-state index contributed by atoms with van der Waals surface area (Å²) in [4.78, 5) is 24.0. The monoisotopic (exact) mass is 254 g/mol. The van der Waals surface area contributed by atoms with Crippen molar-refractivity contribution in [1.82, 2.24) is 5.32 Å². The second kappa shape index (κ2) is 6.88. The summed E-state index contributed by atoms with van der Waals surface area (Å²) in [6.45, 7) is 5.57. The Hall–Kier alpha value is -0.900. The highest BCUT2D eigenvalue weighted by atomic mass is 16.2. The third-order valence-electron chi connectivity index (χ3n) is 3.81. The predicted molar refractivity (Wildman–Crippen MR) is 72.0 cm³/mol. The molecule has 1 aliphatic carbocycles. The lowest BCUT2D eigenvalue weighted by Crippen LogP contribution is -2.50. The first-order valence-electron chi connectivity index (χ1n) is 7.03. The summed E-state index contributed by atoms with van der Waals surface area (Å²) in [7, 11) is 0. The zero-order valence-electron chi connectivity index (χ0n) is 11.7. The van der Waals surface area contributed by atoms with Gasteiger partial charge in [0, 0.05) is 5.92 Å². The molecule has 1 aliphatic rings. The minimum absolute atomic E-state index is 0.0852. The van der Waals surface area contributed by atoms with Crippen molar-refractivity contribution in [1.29, 1.82) is 0 Å². The van der Waals surface area contributed by atoms with Gasteiger partial charge in [0.15, 0.2) is 5.78 Å². The minimum atomic E-state index is -0.536. The standard InChI is InChI=1S/C14H26N2O2/c1-9(2)12(15)14(18)16-10(3)13(17)11-7-5-4-6-8-11/h9-12H,4-8,15H2,1-3H3,(H,16,18)/t10-,12-/m0/s1. The Labute approximate surface area is 110 Å². The number of carbonyl (C=O) groups excluding carboxylic acids is 2. The Morgan fingerprint density at radius 1 is 1.11 bits per heavy atom. The Bertz CT molecular complexity index is 296. The second-order valence-electron chi connectivity index (χ2n) is 5.74. The van der Waals surface area contributed by atoms with Gasteiger partial charge < -0.3 is 11.1 Å². The van der Waals surface area contributed by atoms with Crippen LogP contribution in [0.25, 0.3) is 0 Å². The number of rotatable bonds is 5. The fourth-order valence-electron chi connectivity index (χ4n) is 2.42. The Morgan fingerprint density at radius 2 is 1.67 bits per heavy atom. The van der Waals surface area contributed by atoms with Crippen LogP contribution in [0.15, 0.2) is 0 Å². The van der Waals surface area contributed by atoms with Gasteiger partial charge in [-0.05, 0) is 25.7 Å². The lowest BCUT2D eigenvalue weighted by atomic mass is 9.84. The van der Waals surface area contributed by atoms with Crippen molar-refractivity contribution in [2.24, 2.45) is 17.6 Å². The van der Waals surface area contributed by atoms with Crippen LogP contribution in [0.2, 0.25) is 0 Å². The quantitative estimate of drug-likeness (QED) is 0.783. The van der Waals surface area contributed by atoms with Gasteiger partial charge in [0.2, 0.25) is 5.91 Å². The number of Topliss-reactive ketones (excluding diaryl/α,β-unsaturated/α-hetero) is 1. The third kappa shape index (κ3) is 4.09. The summed E-state index contributed by atoms with van der Waals surface area (Å²) in [5, 5.41) is 2.74. The van der Waals surface area contributed by atoms with Gasteiger partial charge in [-0.2, -0.15) is 0 Å². The molecule has 0 unspecified atom stereocenters. The maximum Gasteiger partial charge on any atom is 0.237 e. The number of ketones is 1. The molecule has 4 nitrogen and oxygen atoms in total. The predicted octanol–water partition coefficient (Wildman–Crippen LogP) is 1.62. The summed E-state index contributed by atoms with van der Waals surface area (Å²) in [5.74, 6) is 0.159. The van der Waals surface area contributed by atoms with Crippen molar-refractivity contribution in [3.63, 3.8) is 0 Å². The van der Waals surface area contributed by atoms with Gasteiger partial charge in [-0.15, -0.1) is 0 Å². The van der Waals surface area contributed by atoms with Crippen molar-refractivity contribution in [2.75, 3.05) is 0 Å². The number of hydrogen-bond acceptors (Lipinski definition) is 3. The summed E-state index contributed by atoms with van der Waals surface area (Å²) >= 11 is 0. The third-order valence-corrected chi connectivity index (χ3v) is 3.81. The number of hydrogen-bond donors (Lipinski definition) is 2. The SMILES string of the molecule is CC(C)[C@H](N)C(=O)N[C@@H](C)C(=O)C1CCCCC1. The molecule has 0 aromatic carbocycles. The number of nitrogens with two attached hydrogens (primary N) is 1. The number of amides is 1. The highest BCUT2D eigenvalue weighted by Crippen LogP contribution is 2.25. The largest absolute Gasteiger partial charge is 0.345 e. The minimum Gasteiger partial charge on any atom is -0.345 e. The van der Waals surface area contributed by atoms with Crippen molar-refractivity contribution >= 4 is 11.7 Å². The van der Waals surface area contributed by atoms with Crippen molar-refractivity contribution in [3.05, 3.63) is 0 Å². The summed E-state index contributed by atoms with van der Waals surface area (Å²) < 4.78 is 0. The molecule has 0 aromatic heterocycles. The van der Waals surface area contributed by atoms with Crippen LogP contribution in [0, 0.1) is 11.8 Å². The van der Waals surface area contributed by atoms with Gasteiger partial charge in [-0.3, -0.25) is 9.59 Å². The van der Waals surface area contributed by atoms with E-state index >= 15 is 0 Å². The van der Waals surface area contributed by atoms with Crippen molar-refractivity contribution in [2.45, 2.75) is 65.0 Å². The van der Waals surface area contributed by atoms with Crippen LogP contribution >= 0.6 is 0 Å². The van der Waals surface area contributed by atoms with E-state index < -0.39 is 12.1 Å². The lowest BCUT2D eigenvalue weighted by Gasteiger charge is -2.25. The first-order chi connectivity index (χ1) is 8.43. The molecule has 0 radical (unpaired) electrons. The molecule has 0 spiro atoms. The molecule has 18 heavy (non-hydrogen) atoms. The fraction of sp³-hybridized carbons (Fsp3) is 0.857. The molecule has 1 rings (SSSR count). The van der Waals surface area contributed by atoms with Gasteiger partial charge in [0.05, 0.1) is 12.1 Å². The van der Waals surface area contributed by atoms with E-state index in [9.17, 15) is 9.59 Å². The normalized spacial score (nSPS) is 20.5. The topological polar surface area (TPSA) is 72.2 Å². The van der Waals surface area contributed by atoms with Crippen LogP contribution in [0.3, 0.4) is 0 Å². The van der Waals surface area contributed by atoms with E-state index in [1.54, 1.807) is 6.92 Å². The molecule has 0 bridgehead atoms. The van der Waals surface area contributed by atoms with Gasteiger partial charge in [0.25, 0.3) is 0 Å². The van der Waals surface area contributed by atoms with Crippen LogP contribution in [0.1, 0.15) is 52.9 Å². The molecule has 1 amide bonds. The molecule has 1 fully saturated rings. The van der Waals surface area contributed by atoms with Gasteiger partial charge in [0.1, 0.15) is 0 Å². The average molecular weight is 254 g/mol. The van der Waals surface area contributed by atoms with Gasteiger partial charge >= 0.3 is 0 Å². The van der Waals surface area contributed by atoms with Crippen molar-refractivity contribution in [3.8, 4) is 0 Å². The molecular formula is C14H26N2O2. The van der Waals surface area contributed by atoms with Crippen LogP contribution in [-0.2, 0) is 9.59 Å². The molecule has 104 valence electrons. The number of nitrogens with one attached hydrogen (secondary N) is 1. The molecule has 0 aliphatic heterocycles. The van der Waals surface area contributed by atoms with Crippen LogP contribution in [-0.4, -0.2) is 23.8 Å². The molecule has 4 heteroatoms. The molecule has 0 heterocycles. The van der Waals surface area contributed by atoms with E-state index in [1.165, 1.54) is 6.42 Å². The molecule has 3 N–H and O–H groups in total. The Kier molecular flexibility index (Phi) is 5.79. The second-order valence-corrected chi connectivity index (χ2v) is 5.74. The first-order valence-corrected chi connectivity index (χ1v) is 7.03. The van der Waals surface area contributed by atoms with E-state index in [-0.39, 0.29) is 23.5 Å². The van der Waals surface area contributed by atoms with Crippen molar-refractivity contribution < 1.29 is 9.59 Å². The lowest BCUT2D eigenvalue weighted by molar-refractivity contribution is -0.131. The molecular weight excluding hydrogens is 228 g/mol. The maximum absolute atomic E-state index is 12.2. The Morgan fingerprint density at radius 3 is 2.17 bits per heavy atom. The fourth-order valence-corrected chi connectivity index (χ4v) is 2.42. The number of carbonyl (C=O) groups is 2. The van der Waals surface area contributed by atoms with Gasteiger partial charge in [-0.1, -0.05) is 33.1 Å². The van der Waals surface area contributed by atoms with Crippen LogP contribution < -0.4 is 11.1 Å². The summed E-state index contributed by atoms with van der Waals surface area (Å²) in [5.41, 5.74) is 5.76. The molecule has 0 saturated heterocycles. The maximum atomic E-state index is 12.2. The first kappa shape index (κ1) is 15.2. The van der Waals surface area contributed by atoms with E-state index in [1.807, 2.05) is 13.8 Å². The van der Waals surface area contributed by atoms with E-state index in [0.717, 1.165) is 25.7 Å². The summed E-state index contributed by atoms with van der Waals surface area (Å²) in [6, 6.07) is -0.947. The van der Waals surface area contributed by atoms with Crippen LogP contribution in [0.4, 0.5) is 0 Å². The van der Waals surface area contributed by atoms with Gasteiger partial charge in [-0.25, -0.2) is 0 Å². The Balaban J connectivity index is 2.46. The van der Waals surface area contributed by atoms with E-state index in [0.29, 0.717) is 0 Å². The average Bonchev–Trinajstić information content (AvgIpc) is 2.37. The molecule has 1 saturated carbocycles. The summed E-state index contributed by atoms with van der Waals surface area (Å²) in [6.07, 6.45) is 5.42. The molecule has 2 atom stereocenters. The van der Waals surface area contributed by atoms with Crippen LogP contribution in [0.5, 0.6) is 0 Å². The zero-order valence-corrected chi connectivity index (χ0v) is 11.7. The van der Waals surface area contributed by atoms with E-state index in [4.69, 9.17) is 5.73 Å². The molecule has 0 aromatic rings. The van der Waals surface area contributed by atoms with E-state index in [2.05, 4.69) is 5.32 Å². The zero-order chi connectivity index (χ0) is 13.7. The highest BCUT2D eigenvalue weighted by Gasteiger charge is 2.28. The highest BCUT2D eigenvalue weighted by molar-refractivity contribution is 5.91.